The third-order valence-electron chi connectivity index (χ3n) is 5.63. The van der Waals surface area contributed by atoms with Crippen LogP contribution in [0.2, 0.25) is 0 Å². The molecule has 0 spiro atoms. The van der Waals surface area contributed by atoms with E-state index >= 15 is 0 Å². The molecule has 2 fully saturated rings. The number of rotatable bonds is 6. The predicted octanol–water partition coefficient (Wildman–Crippen LogP) is 2.08. The fourth-order valence-corrected chi connectivity index (χ4v) is 4.05. The van der Waals surface area contributed by atoms with Crippen LogP contribution >= 0.6 is 0 Å². The van der Waals surface area contributed by atoms with Gasteiger partial charge in [-0.25, -0.2) is 0 Å². The second-order valence-corrected chi connectivity index (χ2v) is 7.28. The molecule has 0 bridgehead atoms. The van der Waals surface area contributed by atoms with Crippen molar-refractivity contribution in [3.8, 4) is 0 Å². The summed E-state index contributed by atoms with van der Waals surface area (Å²) in [6, 6.07) is 11.9. The van der Waals surface area contributed by atoms with Crippen molar-refractivity contribution >= 4 is 5.96 Å². The fourth-order valence-electron chi connectivity index (χ4n) is 4.05. The lowest BCUT2D eigenvalue weighted by atomic mass is 10.1. The van der Waals surface area contributed by atoms with Crippen LogP contribution < -0.4 is 10.6 Å². The molecule has 1 aromatic carbocycles. The van der Waals surface area contributed by atoms with E-state index in [1.807, 2.05) is 7.05 Å². The Morgan fingerprint density at radius 1 is 1.12 bits per heavy atom. The van der Waals surface area contributed by atoms with Crippen molar-refractivity contribution in [3.63, 3.8) is 0 Å². The van der Waals surface area contributed by atoms with Gasteiger partial charge >= 0.3 is 0 Å². The number of nitrogens with zero attached hydrogens (tertiary/aromatic N) is 3. The summed E-state index contributed by atoms with van der Waals surface area (Å²) in [4.78, 5) is 9.46. The number of likely N-dealkylation sites (tertiary alicyclic amines) is 2. The van der Waals surface area contributed by atoms with Crippen molar-refractivity contribution in [2.24, 2.45) is 4.99 Å². The number of benzene rings is 1. The van der Waals surface area contributed by atoms with E-state index in [0.29, 0.717) is 12.1 Å². The summed E-state index contributed by atoms with van der Waals surface area (Å²) < 4.78 is 0. The molecule has 0 radical (unpaired) electrons. The monoisotopic (exact) mass is 343 g/mol. The van der Waals surface area contributed by atoms with Crippen LogP contribution in [0.15, 0.2) is 35.3 Å². The molecule has 2 aliphatic heterocycles. The molecule has 2 atom stereocenters. The second-order valence-electron chi connectivity index (χ2n) is 7.28. The largest absolute Gasteiger partial charge is 0.355 e. The number of guanidine groups is 1. The lowest BCUT2D eigenvalue weighted by Crippen LogP contribution is -2.46. The highest BCUT2D eigenvalue weighted by molar-refractivity contribution is 5.79. The van der Waals surface area contributed by atoms with E-state index in [9.17, 15) is 0 Å². The maximum absolute atomic E-state index is 4.42. The van der Waals surface area contributed by atoms with Gasteiger partial charge in [-0.05, 0) is 57.9 Å². The second kappa shape index (κ2) is 9.20. The Labute approximate surface area is 152 Å². The molecule has 138 valence electrons. The summed E-state index contributed by atoms with van der Waals surface area (Å²) in [5.74, 6) is 0.917. The summed E-state index contributed by atoms with van der Waals surface area (Å²) >= 11 is 0. The highest BCUT2D eigenvalue weighted by atomic mass is 15.2. The smallest absolute Gasteiger partial charge is 0.191 e. The van der Waals surface area contributed by atoms with Gasteiger partial charge in [-0.15, -0.1) is 0 Å². The number of aliphatic imine (C=N–C) groups is 1. The SMILES string of the molecule is CN=C(NCC1CCCN1C)NCC(c1ccccc1)N1CCCC1. The fraction of sp³-hybridized carbons (Fsp3) is 0.650. The summed E-state index contributed by atoms with van der Waals surface area (Å²) in [5.41, 5.74) is 1.39. The van der Waals surface area contributed by atoms with Crippen LogP contribution in [0, 0.1) is 0 Å². The summed E-state index contributed by atoms with van der Waals surface area (Å²) in [6.07, 6.45) is 5.20. The van der Waals surface area contributed by atoms with Crippen LogP contribution in [0.25, 0.3) is 0 Å². The average Bonchev–Trinajstić information content (AvgIpc) is 3.31. The first kappa shape index (κ1) is 18.2. The van der Waals surface area contributed by atoms with Crippen LogP contribution in [-0.4, -0.2) is 68.6 Å². The Hall–Kier alpha value is -1.59. The first-order chi connectivity index (χ1) is 12.3. The minimum atomic E-state index is 0.413. The van der Waals surface area contributed by atoms with Gasteiger partial charge in [0.05, 0.1) is 6.04 Å². The molecule has 2 aliphatic rings. The molecule has 3 rings (SSSR count). The van der Waals surface area contributed by atoms with Gasteiger partial charge in [-0.3, -0.25) is 9.89 Å². The molecule has 0 aliphatic carbocycles. The van der Waals surface area contributed by atoms with E-state index in [2.05, 4.69) is 62.8 Å². The highest BCUT2D eigenvalue weighted by Crippen LogP contribution is 2.24. The van der Waals surface area contributed by atoms with Gasteiger partial charge in [0.15, 0.2) is 5.96 Å². The number of nitrogens with one attached hydrogen (secondary N) is 2. The van der Waals surface area contributed by atoms with Crippen molar-refractivity contribution < 1.29 is 0 Å². The van der Waals surface area contributed by atoms with E-state index in [1.165, 1.54) is 50.9 Å². The Morgan fingerprint density at radius 3 is 2.52 bits per heavy atom. The highest BCUT2D eigenvalue weighted by Gasteiger charge is 2.24. The van der Waals surface area contributed by atoms with Crippen LogP contribution in [0.3, 0.4) is 0 Å². The summed E-state index contributed by atoms with van der Waals surface area (Å²) in [5, 5.41) is 7.08. The topological polar surface area (TPSA) is 42.9 Å². The van der Waals surface area contributed by atoms with Crippen LogP contribution in [0.4, 0.5) is 0 Å². The molecule has 2 N–H and O–H groups in total. The van der Waals surface area contributed by atoms with Crippen molar-refractivity contribution in [2.45, 2.75) is 37.8 Å². The standard InChI is InChI=1S/C20H33N5/c1-21-20(22-15-18-11-8-12-24(18)2)23-16-19(25-13-6-7-14-25)17-9-4-3-5-10-17/h3-5,9-10,18-19H,6-8,11-16H2,1-2H3,(H2,21,22,23). The van der Waals surface area contributed by atoms with Gasteiger partial charge in [-0.2, -0.15) is 0 Å². The minimum Gasteiger partial charge on any atom is -0.355 e. The molecule has 1 aromatic rings. The molecule has 2 saturated heterocycles. The van der Waals surface area contributed by atoms with Gasteiger partial charge in [0.2, 0.25) is 0 Å². The number of hydrogen-bond acceptors (Lipinski definition) is 3. The van der Waals surface area contributed by atoms with E-state index < -0.39 is 0 Å². The number of likely N-dealkylation sites (N-methyl/N-ethyl adjacent to an activating group) is 1. The molecule has 0 saturated carbocycles. The lowest BCUT2D eigenvalue weighted by molar-refractivity contribution is 0.245. The molecule has 25 heavy (non-hydrogen) atoms. The Bertz CT molecular complexity index is 538. The maximum atomic E-state index is 4.42. The van der Waals surface area contributed by atoms with Crippen molar-refractivity contribution in [1.82, 2.24) is 20.4 Å². The van der Waals surface area contributed by atoms with E-state index in [-0.39, 0.29) is 0 Å². The van der Waals surface area contributed by atoms with Crippen LogP contribution in [0.1, 0.15) is 37.3 Å². The molecule has 0 aromatic heterocycles. The quantitative estimate of drug-likeness (QED) is 0.613. The summed E-state index contributed by atoms with van der Waals surface area (Å²) in [7, 11) is 4.08. The van der Waals surface area contributed by atoms with Gasteiger partial charge in [0.25, 0.3) is 0 Å². The molecule has 5 heteroatoms. The van der Waals surface area contributed by atoms with Gasteiger partial charge in [0.1, 0.15) is 0 Å². The van der Waals surface area contributed by atoms with Gasteiger partial charge < -0.3 is 15.5 Å². The molecule has 2 heterocycles. The van der Waals surface area contributed by atoms with Crippen molar-refractivity contribution in [2.75, 3.05) is 46.8 Å². The number of hydrogen-bond donors (Lipinski definition) is 2. The van der Waals surface area contributed by atoms with Gasteiger partial charge in [0, 0.05) is 26.2 Å². The summed E-state index contributed by atoms with van der Waals surface area (Å²) in [6.45, 7) is 5.46. The average molecular weight is 344 g/mol. The van der Waals surface area contributed by atoms with E-state index in [4.69, 9.17) is 0 Å². The Morgan fingerprint density at radius 2 is 1.88 bits per heavy atom. The normalized spacial score (nSPS) is 23.8. The first-order valence-electron chi connectivity index (χ1n) is 9.71. The van der Waals surface area contributed by atoms with Gasteiger partial charge in [-0.1, -0.05) is 30.3 Å². The van der Waals surface area contributed by atoms with Crippen molar-refractivity contribution in [1.29, 1.82) is 0 Å². The Balaban J connectivity index is 1.55. The molecule has 5 nitrogen and oxygen atoms in total. The zero-order chi connectivity index (χ0) is 17.5. The van der Waals surface area contributed by atoms with Crippen LogP contribution in [0.5, 0.6) is 0 Å². The van der Waals surface area contributed by atoms with E-state index in [0.717, 1.165) is 19.0 Å². The maximum Gasteiger partial charge on any atom is 0.191 e. The minimum absolute atomic E-state index is 0.413. The van der Waals surface area contributed by atoms with Crippen LogP contribution in [-0.2, 0) is 0 Å². The molecule has 2 unspecified atom stereocenters. The zero-order valence-electron chi connectivity index (χ0n) is 15.7. The first-order valence-corrected chi connectivity index (χ1v) is 9.71. The van der Waals surface area contributed by atoms with Crippen molar-refractivity contribution in [3.05, 3.63) is 35.9 Å². The lowest BCUT2D eigenvalue weighted by Gasteiger charge is -2.29. The molecular weight excluding hydrogens is 310 g/mol. The molecule has 0 amide bonds. The predicted molar refractivity (Wildman–Crippen MR) is 105 cm³/mol. The third-order valence-corrected chi connectivity index (χ3v) is 5.63. The third kappa shape index (κ3) is 4.95. The molecular formula is C20H33N5. The Kier molecular flexibility index (Phi) is 6.70. The van der Waals surface area contributed by atoms with E-state index in [1.54, 1.807) is 0 Å². The zero-order valence-corrected chi connectivity index (χ0v) is 15.7.